The molecule has 1 heterocycles. The van der Waals surface area contributed by atoms with Crippen LogP contribution in [0.3, 0.4) is 0 Å². The lowest BCUT2D eigenvalue weighted by Crippen LogP contribution is -2.35. The summed E-state index contributed by atoms with van der Waals surface area (Å²) in [5.41, 5.74) is 0. The number of carbonyl (C=O) groups is 1. The molecule has 2 unspecified atom stereocenters. The molecule has 3 nitrogen and oxygen atoms in total. The predicted octanol–water partition coefficient (Wildman–Crippen LogP) is 2.02. The van der Waals surface area contributed by atoms with Crippen molar-refractivity contribution in [3.63, 3.8) is 0 Å². The highest BCUT2D eigenvalue weighted by Crippen LogP contribution is 2.23. The Labute approximate surface area is 105 Å². The number of hydrogen-bond donors (Lipinski definition) is 1. The van der Waals surface area contributed by atoms with Crippen LogP contribution < -0.4 is 5.32 Å². The topological polar surface area (TPSA) is 32.3 Å². The Balaban J connectivity index is 1.68. The van der Waals surface area contributed by atoms with E-state index in [9.17, 15) is 4.79 Å². The van der Waals surface area contributed by atoms with Crippen LogP contribution in [-0.4, -0.2) is 36.5 Å². The third kappa shape index (κ3) is 3.98. The maximum atomic E-state index is 11.9. The number of nitrogens with zero attached hydrogens (tertiary/aromatic N) is 1. The van der Waals surface area contributed by atoms with Gasteiger partial charge in [0.25, 0.3) is 0 Å². The molecule has 1 amide bonds. The minimum Gasteiger partial charge on any atom is -0.342 e. The Hall–Kier alpha value is -0.570. The van der Waals surface area contributed by atoms with Gasteiger partial charge in [-0.3, -0.25) is 4.79 Å². The minimum absolute atomic E-state index is 0.377. The maximum absolute atomic E-state index is 11.9. The van der Waals surface area contributed by atoms with E-state index in [1.54, 1.807) is 0 Å². The molecule has 1 aliphatic carbocycles. The summed E-state index contributed by atoms with van der Waals surface area (Å²) in [6, 6.07) is 0.777. The second kappa shape index (κ2) is 5.85. The molecule has 1 saturated carbocycles. The van der Waals surface area contributed by atoms with E-state index in [0.29, 0.717) is 17.7 Å². The molecule has 3 heteroatoms. The number of likely N-dealkylation sites (tertiary alicyclic amines) is 1. The van der Waals surface area contributed by atoms with Crippen molar-refractivity contribution in [1.82, 2.24) is 10.2 Å². The van der Waals surface area contributed by atoms with E-state index < -0.39 is 0 Å². The van der Waals surface area contributed by atoms with Crippen molar-refractivity contribution in [3.05, 3.63) is 0 Å². The van der Waals surface area contributed by atoms with Crippen LogP contribution in [0, 0.1) is 11.8 Å². The molecule has 0 radical (unpaired) electrons. The molecule has 0 bridgehead atoms. The van der Waals surface area contributed by atoms with E-state index in [1.807, 2.05) is 0 Å². The van der Waals surface area contributed by atoms with Gasteiger partial charge in [0.15, 0.2) is 0 Å². The van der Waals surface area contributed by atoms with Gasteiger partial charge < -0.3 is 10.2 Å². The zero-order valence-corrected chi connectivity index (χ0v) is 11.2. The number of hydrogen-bond acceptors (Lipinski definition) is 2. The molecule has 0 aromatic carbocycles. The average molecular weight is 238 g/mol. The quantitative estimate of drug-likeness (QED) is 0.736. The fraction of sp³-hybridized carbons (Fsp3) is 0.929. The SMILES string of the molecule is CCCC1CC(=O)N(CC(C)CNC2CC2)C1. The summed E-state index contributed by atoms with van der Waals surface area (Å²) < 4.78 is 0. The Morgan fingerprint density at radius 2 is 2.24 bits per heavy atom. The number of carbonyl (C=O) groups excluding carboxylic acids is 1. The first-order valence-electron chi connectivity index (χ1n) is 7.20. The molecular weight excluding hydrogens is 212 g/mol. The molecule has 1 saturated heterocycles. The first-order chi connectivity index (χ1) is 8.19. The lowest BCUT2D eigenvalue weighted by atomic mass is 10.0. The van der Waals surface area contributed by atoms with Crippen LogP contribution >= 0.6 is 0 Å². The van der Waals surface area contributed by atoms with Gasteiger partial charge in [0.1, 0.15) is 0 Å². The Bertz CT molecular complexity index is 263. The van der Waals surface area contributed by atoms with Crippen LogP contribution in [-0.2, 0) is 4.79 Å². The summed E-state index contributed by atoms with van der Waals surface area (Å²) in [4.78, 5) is 13.9. The molecule has 1 N–H and O–H groups in total. The largest absolute Gasteiger partial charge is 0.342 e. The smallest absolute Gasteiger partial charge is 0.222 e. The van der Waals surface area contributed by atoms with E-state index >= 15 is 0 Å². The van der Waals surface area contributed by atoms with Gasteiger partial charge in [-0.25, -0.2) is 0 Å². The van der Waals surface area contributed by atoms with Crippen LogP contribution in [0.4, 0.5) is 0 Å². The lowest BCUT2D eigenvalue weighted by Gasteiger charge is -2.21. The number of rotatable bonds is 7. The third-order valence-corrected chi connectivity index (χ3v) is 3.86. The van der Waals surface area contributed by atoms with Crippen molar-refractivity contribution >= 4 is 5.91 Å². The van der Waals surface area contributed by atoms with Gasteiger partial charge in [0, 0.05) is 25.6 Å². The summed E-state index contributed by atoms with van der Waals surface area (Å²) in [6.45, 7) is 7.46. The summed E-state index contributed by atoms with van der Waals surface area (Å²) in [5, 5.41) is 3.54. The van der Waals surface area contributed by atoms with Gasteiger partial charge in [-0.05, 0) is 37.6 Å². The Morgan fingerprint density at radius 1 is 1.47 bits per heavy atom. The second-order valence-electron chi connectivity index (χ2n) is 5.95. The summed E-state index contributed by atoms with van der Waals surface area (Å²) in [7, 11) is 0. The molecule has 0 aromatic heterocycles. The molecule has 2 aliphatic rings. The van der Waals surface area contributed by atoms with E-state index in [-0.39, 0.29) is 0 Å². The van der Waals surface area contributed by atoms with Crippen molar-refractivity contribution < 1.29 is 4.79 Å². The average Bonchev–Trinajstić information content (AvgIpc) is 3.04. The van der Waals surface area contributed by atoms with Crippen LogP contribution in [0.1, 0.15) is 46.0 Å². The van der Waals surface area contributed by atoms with E-state index in [2.05, 4.69) is 24.1 Å². The van der Waals surface area contributed by atoms with Crippen molar-refractivity contribution in [2.75, 3.05) is 19.6 Å². The highest BCUT2D eigenvalue weighted by Gasteiger charge is 2.29. The van der Waals surface area contributed by atoms with E-state index in [1.165, 1.54) is 25.7 Å². The van der Waals surface area contributed by atoms with Crippen molar-refractivity contribution in [3.8, 4) is 0 Å². The normalized spacial score (nSPS) is 26.6. The van der Waals surface area contributed by atoms with Crippen LogP contribution in [0.25, 0.3) is 0 Å². The van der Waals surface area contributed by atoms with Crippen LogP contribution in [0.15, 0.2) is 0 Å². The fourth-order valence-corrected chi connectivity index (χ4v) is 2.73. The molecule has 2 fully saturated rings. The van der Waals surface area contributed by atoms with Gasteiger partial charge in [-0.1, -0.05) is 20.3 Å². The zero-order chi connectivity index (χ0) is 12.3. The molecule has 2 rings (SSSR count). The molecule has 17 heavy (non-hydrogen) atoms. The van der Waals surface area contributed by atoms with E-state index in [4.69, 9.17) is 0 Å². The van der Waals surface area contributed by atoms with Crippen molar-refractivity contribution in [1.29, 1.82) is 0 Å². The fourth-order valence-electron chi connectivity index (χ4n) is 2.73. The van der Waals surface area contributed by atoms with Crippen molar-refractivity contribution in [2.45, 2.75) is 52.0 Å². The standard InChI is InChI=1S/C14H26N2O/c1-3-4-12-7-14(17)16(10-12)9-11(2)8-15-13-5-6-13/h11-13,15H,3-10H2,1-2H3. The van der Waals surface area contributed by atoms with Gasteiger partial charge >= 0.3 is 0 Å². The number of nitrogens with one attached hydrogen (secondary N) is 1. The Kier molecular flexibility index (Phi) is 4.43. The molecule has 1 aliphatic heterocycles. The van der Waals surface area contributed by atoms with Crippen molar-refractivity contribution in [2.24, 2.45) is 11.8 Å². The zero-order valence-electron chi connectivity index (χ0n) is 11.2. The van der Waals surface area contributed by atoms with Crippen LogP contribution in [0.5, 0.6) is 0 Å². The second-order valence-corrected chi connectivity index (χ2v) is 5.95. The predicted molar refractivity (Wildman–Crippen MR) is 69.8 cm³/mol. The number of amides is 1. The van der Waals surface area contributed by atoms with Gasteiger partial charge in [0.2, 0.25) is 5.91 Å². The summed E-state index contributed by atoms with van der Waals surface area (Å²) in [6.07, 6.45) is 5.88. The molecule has 2 atom stereocenters. The first-order valence-corrected chi connectivity index (χ1v) is 7.20. The lowest BCUT2D eigenvalue weighted by molar-refractivity contribution is -0.128. The molecule has 0 spiro atoms. The first kappa shape index (κ1) is 12.9. The molecule has 98 valence electrons. The van der Waals surface area contributed by atoms with Crippen LogP contribution in [0.2, 0.25) is 0 Å². The third-order valence-electron chi connectivity index (χ3n) is 3.86. The van der Waals surface area contributed by atoms with Gasteiger partial charge in [0.05, 0.1) is 0 Å². The monoisotopic (exact) mass is 238 g/mol. The summed E-state index contributed by atoms with van der Waals surface area (Å²) >= 11 is 0. The van der Waals surface area contributed by atoms with Gasteiger partial charge in [-0.15, -0.1) is 0 Å². The molecule has 0 aromatic rings. The highest BCUT2D eigenvalue weighted by atomic mass is 16.2. The highest BCUT2D eigenvalue weighted by molar-refractivity contribution is 5.78. The molecular formula is C14H26N2O. The van der Waals surface area contributed by atoms with E-state index in [0.717, 1.165) is 32.1 Å². The van der Waals surface area contributed by atoms with Gasteiger partial charge in [-0.2, -0.15) is 0 Å². The maximum Gasteiger partial charge on any atom is 0.222 e. The Morgan fingerprint density at radius 3 is 2.88 bits per heavy atom. The summed E-state index contributed by atoms with van der Waals surface area (Å²) in [5.74, 6) is 1.58. The minimum atomic E-state index is 0.377.